The summed E-state index contributed by atoms with van der Waals surface area (Å²) >= 11 is 7.65. The minimum Gasteiger partial charge on any atom is -0.354 e. The van der Waals surface area contributed by atoms with Crippen LogP contribution in [0.2, 0.25) is 5.02 Å². The maximum absolute atomic E-state index is 13.2. The van der Waals surface area contributed by atoms with Crippen molar-refractivity contribution in [3.63, 3.8) is 0 Å². The molecule has 2 aromatic carbocycles. The Kier molecular flexibility index (Phi) is 11.7. The molecule has 1 N–H and O–H groups in total. The van der Waals surface area contributed by atoms with Gasteiger partial charge in [0.05, 0.1) is 0 Å². The highest BCUT2D eigenvalue weighted by Crippen LogP contribution is 2.22. The van der Waals surface area contributed by atoms with Crippen molar-refractivity contribution in [2.24, 2.45) is 0 Å². The van der Waals surface area contributed by atoms with E-state index in [0.29, 0.717) is 25.9 Å². The Bertz CT molecular complexity index is 840. The van der Waals surface area contributed by atoms with E-state index in [1.54, 1.807) is 16.7 Å². The first-order chi connectivity index (χ1) is 15.4. The van der Waals surface area contributed by atoms with Crippen LogP contribution >= 0.6 is 23.4 Å². The van der Waals surface area contributed by atoms with Gasteiger partial charge < -0.3 is 10.2 Å². The Morgan fingerprint density at radius 3 is 2.34 bits per heavy atom. The first kappa shape index (κ1) is 26.3. The summed E-state index contributed by atoms with van der Waals surface area (Å²) in [5.41, 5.74) is 2.22. The monoisotopic (exact) mass is 474 g/mol. The number of thioether (sulfide) groups is 1. The van der Waals surface area contributed by atoms with E-state index in [2.05, 4.69) is 12.2 Å². The first-order valence-corrected chi connectivity index (χ1v) is 12.8. The molecule has 2 amide bonds. The number of carbonyl (C=O) groups is 2. The molecule has 2 rings (SSSR count). The number of halogens is 1. The van der Waals surface area contributed by atoms with E-state index in [9.17, 15) is 9.59 Å². The third kappa shape index (κ3) is 8.87. The van der Waals surface area contributed by atoms with Crippen LogP contribution in [-0.2, 0) is 16.1 Å². The van der Waals surface area contributed by atoms with Gasteiger partial charge in [0.25, 0.3) is 0 Å². The van der Waals surface area contributed by atoms with Gasteiger partial charge in [0.15, 0.2) is 0 Å². The van der Waals surface area contributed by atoms with E-state index in [4.69, 9.17) is 11.6 Å². The van der Waals surface area contributed by atoms with Crippen LogP contribution in [-0.4, -0.2) is 35.1 Å². The highest BCUT2D eigenvalue weighted by molar-refractivity contribution is 7.99. The second kappa shape index (κ2) is 14.2. The average Bonchev–Trinajstić information content (AvgIpc) is 2.79. The molecule has 0 aromatic heterocycles. The number of hydrogen-bond acceptors (Lipinski definition) is 3. The molecule has 0 spiro atoms. The number of rotatable bonds is 13. The third-order valence-corrected chi connectivity index (χ3v) is 6.66. The predicted octanol–water partition coefficient (Wildman–Crippen LogP) is 6.24. The number of benzene rings is 2. The van der Waals surface area contributed by atoms with Gasteiger partial charge >= 0.3 is 0 Å². The van der Waals surface area contributed by atoms with Crippen LogP contribution in [0.4, 0.5) is 0 Å². The zero-order valence-corrected chi connectivity index (χ0v) is 21.0. The molecule has 0 fully saturated rings. The second-order valence-electron chi connectivity index (χ2n) is 7.98. The van der Waals surface area contributed by atoms with Gasteiger partial charge in [-0.15, -0.1) is 11.8 Å². The molecule has 0 saturated heterocycles. The van der Waals surface area contributed by atoms with Gasteiger partial charge in [-0.1, -0.05) is 61.7 Å². The van der Waals surface area contributed by atoms with Gasteiger partial charge in [-0.25, -0.2) is 0 Å². The minimum atomic E-state index is -0.454. The van der Waals surface area contributed by atoms with Gasteiger partial charge in [-0.05, 0) is 61.8 Å². The maximum atomic E-state index is 13.2. The van der Waals surface area contributed by atoms with Crippen LogP contribution in [0, 0.1) is 6.92 Å². The number of carbonyl (C=O) groups excluding carboxylic acids is 2. The van der Waals surface area contributed by atoms with E-state index in [1.807, 2.05) is 62.4 Å². The molecule has 0 radical (unpaired) electrons. The highest BCUT2D eigenvalue weighted by atomic mass is 35.5. The summed E-state index contributed by atoms with van der Waals surface area (Å²) in [6.45, 7) is 7.20. The largest absolute Gasteiger partial charge is 0.354 e. The summed E-state index contributed by atoms with van der Waals surface area (Å²) in [6.07, 6.45) is 3.73. The Labute approximate surface area is 202 Å². The molecule has 1 atom stereocenters. The number of amides is 2. The van der Waals surface area contributed by atoms with Gasteiger partial charge in [0.1, 0.15) is 6.04 Å². The number of nitrogens with one attached hydrogen (secondary N) is 1. The van der Waals surface area contributed by atoms with Gasteiger partial charge in [-0.2, -0.15) is 0 Å². The Balaban J connectivity index is 2.02. The SMILES string of the molecule is CCCCNC(=O)[C@H](CC)N(Cc1ccc(C)cc1)C(=O)CCCSc1ccc(Cl)cc1. The Morgan fingerprint density at radius 2 is 1.72 bits per heavy atom. The lowest BCUT2D eigenvalue weighted by atomic mass is 10.1. The first-order valence-electron chi connectivity index (χ1n) is 11.5. The fourth-order valence-electron chi connectivity index (χ4n) is 3.40. The maximum Gasteiger partial charge on any atom is 0.242 e. The Morgan fingerprint density at radius 1 is 1.03 bits per heavy atom. The molecule has 32 heavy (non-hydrogen) atoms. The molecule has 0 aliphatic carbocycles. The van der Waals surface area contributed by atoms with Crippen molar-refractivity contribution in [3.05, 3.63) is 64.7 Å². The van der Waals surface area contributed by atoms with E-state index >= 15 is 0 Å². The van der Waals surface area contributed by atoms with Crippen LogP contribution < -0.4 is 5.32 Å². The zero-order valence-electron chi connectivity index (χ0n) is 19.4. The normalized spacial score (nSPS) is 11.8. The second-order valence-corrected chi connectivity index (χ2v) is 9.59. The molecule has 4 nitrogen and oxygen atoms in total. The molecule has 0 aliphatic heterocycles. The van der Waals surface area contributed by atoms with Crippen LogP contribution in [0.3, 0.4) is 0 Å². The molecular formula is C26H35ClN2O2S. The molecular weight excluding hydrogens is 440 g/mol. The zero-order chi connectivity index (χ0) is 23.3. The summed E-state index contributed by atoms with van der Waals surface area (Å²) in [7, 11) is 0. The number of nitrogens with zero attached hydrogens (tertiary/aromatic N) is 1. The third-order valence-electron chi connectivity index (χ3n) is 5.31. The summed E-state index contributed by atoms with van der Waals surface area (Å²) in [5.74, 6) is 0.808. The van der Waals surface area contributed by atoms with E-state index in [0.717, 1.165) is 40.5 Å². The summed E-state index contributed by atoms with van der Waals surface area (Å²) < 4.78 is 0. The highest BCUT2D eigenvalue weighted by Gasteiger charge is 2.28. The number of hydrogen-bond donors (Lipinski definition) is 1. The molecule has 0 aliphatic rings. The average molecular weight is 475 g/mol. The van der Waals surface area contributed by atoms with Gasteiger partial charge in [0, 0.05) is 29.4 Å². The van der Waals surface area contributed by atoms with Crippen LogP contribution in [0.1, 0.15) is 57.1 Å². The molecule has 0 saturated carbocycles. The van der Waals surface area contributed by atoms with Crippen molar-refractivity contribution in [2.75, 3.05) is 12.3 Å². The van der Waals surface area contributed by atoms with Crippen molar-refractivity contribution in [1.29, 1.82) is 0 Å². The fraction of sp³-hybridized carbons (Fsp3) is 0.462. The number of unbranched alkanes of at least 4 members (excludes halogenated alkanes) is 1. The van der Waals surface area contributed by atoms with Gasteiger partial charge in [0.2, 0.25) is 11.8 Å². The van der Waals surface area contributed by atoms with E-state index in [1.165, 1.54) is 5.56 Å². The molecule has 174 valence electrons. The van der Waals surface area contributed by atoms with Crippen LogP contribution in [0.5, 0.6) is 0 Å². The minimum absolute atomic E-state index is 0.0276. The number of aryl methyl sites for hydroxylation is 1. The van der Waals surface area contributed by atoms with Crippen molar-refractivity contribution in [3.8, 4) is 0 Å². The predicted molar refractivity (Wildman–Crippen MR) is 135 cm³/mol. The van der Waals surface area contributed by atoms with Crippen molar-refractivity contribution < 1.29 is 9.59 Å². The smallest absolute Gasteiger partial charge is 0.242 e. The molecule has 0 unspecified atom stereocenters. The van der Waals surface area contributed by atoms with Crippen LogP contribution in [0.15, 0.2) is 53.4 Å². The molecule has 6 heteroatoms. The van der Waals surface area contributed by atoms with E-state index in [-0.39, 0.29) is 11.8 Å². The summed E-state index contributed by atoms with van der Waals surface area (Å²) in [5, 5.41) is 3.73. The van der Waals surface area contributed by atoms with Crippen molar-refractivity contribution in [2.45, 2.75) is 70.4 Å². The topological polar surface area (TPSA) is 49.4 Å². The lowest BCUT2D eigenvalue weighted by Gasteiger charge is -2.31. The Hall–Kier alpha value is -1.98. The van der Waals surface area contributed by atoms with E-state index < -0.39 is 6.04 Å². The lowest BCUT2D eigenvalue weighted by molar-refractivity contribution is -0.141. The van der Waals surface area contributed by atoms with Crippen LogP contribution in [0.25, 0.3) is 0 Å². The molecule has 2 aromatic rings. The van der Waals surface area contributed by atoms with Crippen molar-refractivity contribution in [1.82, 2.24) is 10.2 Å². The molecule has 0 bridgehead atoms. The summed E-state index contributed by atoms with van der Waals surface area (Å²) in [6, 6.07) is 15.4. The van der Waals surface area contributed by atoms with Crippen molar-refractivity contribution >= 4 is 35.2 Å². The molecule has 0 heterocycles. The quantitative estimate of drug-likeness (QED) is 0.276. The summed E-state index contributed by atoms with van der Waals surface area (Å²) in [4.78, 5) is 29.0. The standard InChI is InChI=1S/C26H35ClN2O2S/c1-4-6-17-28-26(31)24(5-2)29(19-21-11-9-20(3)10-12-21)25(30)8-7-18-32-23-15-13-22(27)14-16-23/h9-16,24H,4-8,17-19H2,1-3H3,(H,28,31)/t24-/m0/s1. The fourth-order valence-corrected chi connectivity index (χ4v) is 4.38. The lowest BCUT2D eigenvalue weighted by Crippen LogP contribution is -2.49. The van der Waals surface area contributed by atoms with Gasteiger partial charge in [-0.3, -0.25) is 9.59 Å².